The van der Waals surface area contributed by atoms with Gasteiger partial charge in [-0.2, -0.15) is 0 Å². The molecule has 0 amide bonds. The summed E-state index contributed by atoms with van der Waals surface area (Å²) in [4.78, 5) is 11.0. The van der Waals surface area contributed by atoms with Gasteiger partial charge in [-0.1, -0.05) is 25.4 Å². The summed E-state index contributed by atoms with van der Waals surface area (Å²) in [5.41, 5.74) is 3.02. The zero-order chi connectivity index (χ0) is 18.8. The zero-order valence-corrected chi connectivity index (χ0v) is 15.8. The topological polar surface area (TPSA) is 62.5 Å². The lowest BCUT2D eigenvalue weighted by molar-refractivity contribution is 0.0697. The van der Waals surface area contributed by atoms with Crippen LogP contribution in [0.15, 0.2) is 46.9 Å². The minimum absolute atomic E-state index is 0.0168. The van der Waals surface area contributed by atoms with Crippen LogP contribution in [0.25, 0.3) is 11.0 Å². The van der Waals surface area contributed by atoms with Gasteiger partial charge in [0.15, 0.2) is 0 Å². The first-order valence-corrected chi connectivity index (χ1v) is 9.01. The molecular formula is C21H22ClNO3. The van der Waals surface area contributed by atoms with Gasteiger partial charge in [-0.05, 0) is 61.7 Å². The lowest BCUT2D eigenvalue weighted by Crippen LogP contribution is -2.13. The predicted octanol–water partition coefficient (Wildman–Crippen LogP) is 6.29. The van der Waals surface area contributed by atoms with E-state index in [0.29, 0.717) is 10.9 Å². The van der Waals surface area contributed by atoms with Crippen LogP contribution in [0.2, 0.25) is 5.02 Å². The normalized spacial score (nSPS) is 12.5. The standard InChI is InChI=1S/C21H22ClNO3/c1-12(2)10-18(23-16-7-4-14(5-8-16)21(24)25)20-13(3)17-11-15(22)6-9-19(17)26-20/h4-9,11-12,18,23H,10H2,1-3H3,(H,24,25). The second-order valence-corrected chi connectivity index (χ2v) is 7.38. The van der Waals surface area contributed by atoms with Crippen molar-refractivity contribution < 1.29 is 14.3 Å². The van der Waals surface area contributed by atoms with Crippen molar-refractivity contribution >= 4 is 34.2 Å². The van der Waals surface area contributed by atoms with Crippen LogP contribution in [0, 0.1) is 12.8 Å². The molecular weight excluding hydrogens is 350 g/mol. The van der Waals surface area contributed by atoms with Gasteiger partial charge >= 0.3 is 5.97 Å². The van der Waals surface area contributed by atoms with Gasteiger partial charge < -0.3 is 14.8 Å². The summed E-state index contributed by atoms with van der Waals surface area (Å²) in [5, 5.41) is 14.2. The molecule has 26 heavy (non-hydrogen) atoms. The Bertz CT molecular complexity index is 928. The molecule has 4 nitrogen and oxygen atoms in total. The summed E-state index contributed by atoms with van der Waals surface area (Å²) >= 11 is 6.13. The Morgan fingerprint density at radius 1 is 1.19 bits per heavy atom. The van der Waals surface area contributed by atoms with Gasteiger partial charge in [0.05, 0.1) is 11.6 Å². The molecule has 0 saturated carbocycles. The number of hydrogen-bond acceptors (Lipinski definition) is 3. The molecule has 3 rings (SSSR count). The van der Waals surface area contributed by atoms with Gasteiger partial charge in [-0.3, -0.25) is 0 Å². The molecule has 0 aliphatic carbocycles. The van der Waals surface area contributed by atoms with E-state index in [9.17, 15) is 4.79 Å². The summed E-state index contributed by atoms with van der Waals surface area (Å²) in [6.07, 6.45) is 0.884. The number of aryl methyl sites for hydroxylation is 1. The molecule has 0 spiro atoms. The number of aromatic carboxylic acids is 1. The van der Waals surface area contributed by atoms with Gasteiger partial charge in [0.2, 0.25) is 0 Å². The van der Waals surface area contributed by atoms with Crippen LogP contribution < -0.4 is 5.32 Å². The Kier molecular flexibility index (Phi) is 5.23. The molecule has 5 heteroatoms. The Labute approximate surface area is 157 Å². The lowest BCUT2D eigenvalue weighted by atomic mass is 9.98. The van der Waals surface area contributed by atoms with E-state index in [-0.39, 0.29) is 11.6 Å². The summed E-state index contributed by atoms with van der Waals surface area (Å²) in [6.45, 7) is 6.37. The maximum Gasteiger partial charge on any atom is 0.335 e. The molecule has 1 heterocycles. The third-order valence-corrected chi connectivity index (χ3v) is 4.67. The molecule has 0 aliphatic rings. The fraction of sp³-hybridized carbons (Fsp3) is 0.286. The van der Waals surface area contributed by atoms with Crippen LogP contribution in [0.1, 0.15) is 48.0 Å². The number of halogens is 1. The third kappa shape index (κ3) is 3.86. The number of furan rings is 1. The number of anilines is 1. The monoisotopic (exact) mass is 371 g/mol. The first kappa shape index (κ1) is 18.3. The number of carboxylic acid groups (broad SMARTS) is 1. The van der Waals surface area contributed by atoms with Crippen molar-refractivity contribution in [2.75, 3.05) is 5.32 Å². The summed E-state index contributed by atoms with van der Waals surface area (Å²) in [7, 11) is 0. The van der Waals surface area contributed by atoms with Gasteiger partial charge in [0.25, 0.3) is 0 Å². The molecule has 2 N–H and O–H groups in total. The number of hydrogen-bond donors (Lipinski definition) is 2. The molecule has 0 aliphatic heterocycles. The third-order valence-electron chi connectivity index (χ3n) is 4.43. The molecule has 0 saturated heterocycles. The molecule has 0 bridgehead atoms. The Morgan fingerprint density at radius 3 is 2.50 bits per heavy atom. The second kappa shape index (κ2) is 7.42. The first-order valence-electron chi connectivity index (χ1n) is 8.63. The summed E-state index contributed by atoms with van der Waals surface area (Å²) < 4.78 is 6.14. The quantitative estimate of drug-likeness (QED) is 0.534. The number of carboxylic acids is 1. The molecule has 1 unspecified atom stereocenters. The average Bonchev–Trinajstić information content (AvgIpc) is 2.91. The molecule has 0 radical (unpaired) electrons. The Balaban J connectivity index is 1.95. The minimum Gasteiger partial charge on any atom is -0.478 e. The predicted molar refractivity (Wildman–Crippen MR) is 105 cm³/mol. The van der Waals surface area contributed by atoms with E-state index in [1.807, 2.05) is 25.1 Å². The maximum absolute atomic E-state index is 11.0. The first-order chi connectivity index (χ1) is 12.3. The molecule has 2 aromatic carbocycles. The number of nitrogens with one attached hydrogen (secondary N) is 1. The number of benzene rings is 2. The van der Waals surface area contributed by atoms with Crippen LogP contribution >= 0.6 is 11.6 Å². The SMILES string of the molecule is Cc1c(C(CC(C)C)Nc2ccc(C(=O)O)cc2)oc2ccc(Cl)cc12. The van der Waals surface area contributed by atoms with Crippen molar-refractivity contribution in [1.82, 2.24) is 0 Å². The minimum atomic E-state index is -0.930. The molecule has 1 atom stereocenters. The Morgan fingerprint density at radius 2 is 1.88 bits per heavy atom. The smallest absolute Gasteiger partial charge is 0.335 e. The number of rotatable bonds is 6. The summed E-state index contributed by atoms with van der Waals surface area (Å²) in [6, 6.07) is 12.4. The highest BCUT2D eigenvalue weighted by atomic mass is 35.5. The van der Waals surface area contributed by atoms with E-state index in [0.717, 1.165) is 34.4 Å². The lowest BCUT2D eigenvalue weighted by Gasteiger charge is -2.21. The van der Waals surface area contributed by atoms with Gasteiger partial charge in [-0.15, -0.1) is 0 Å². The van der Waals surface area contributed by atoms with Crippen molar-refractivity contribution in [2.24, 2.45) is 5.92 Å². The van der Waals surface area contributed by atoms with Crippen LogP contribution in [-0.4, -0.2) is 11.1 Å². The van der Waals surface area contributed by atoms with Gasteiger partial charge in [-0.25, -0.2) is 4.79 Å². The Hall–Kier alpha value is -2.46. The fourth-order valence-corrected chi connectivity index (χ4v) is 3.33. The highest BCUT2D eigenvalue weighted by Gasteiger charge is 2.22. The molecule has 1 aromatic heterocycles. The van der Waals surface area contributed by atoms with Crippen molar-refractivity contribution in [3.63, 3.8) is 0 Å². The van der Waals surface area contributed by atoms with Crippen LogP contribution in [0.3, 0.4) is 0 Å². The van der Waals surface area contributed by atoms with Gasteiger partial charge in [0.1, 0.15) is 11.3 Å². The van der Waals surface area contributed by atoms with E-state index in [1.54, 1.807) is 24.3 Å². The van der Waals surface area contributed by atoms with Crippen LogP contribution in [-0.2, 0) is 0 Å². The summed E-state index contributed by atoms with van der Waals surface area (Å²) in [5.74, 6) is 0.417. The van der Waals surface area contributed by atoms with Crippen molar-refractivity contribution in [1.29, 1.82) is 0 Å². The molecule has 0 fully saturated rings. The van der Waals surface area contributed by atoms with Crippen molar-refractivity contribution in [3.8, 4) is 0 Å². The average molecular weight is 372 g/mol. The van der Waals surface area contributed by atoms with Crippen LogP contribution in [0.5, 0.6) is 0 Å². The van der Waals surface area contributed by atoms with E-state index in [4.69, 9.17) is 21.1 Å². The molecule has 3 aromatic rings. The largest absolute Gasteiger partial charge is 0.478 e. The van der Waals surface area contributed by atoms with E-state index in [2.05, 4.69) is 19.2 Å². The van der Waals surface area contributed by atoms with Crippen LogP contribution in [0.4, 0.5) is 5.69 Å². The van der Waals surface area contributed by atoms with Crippen molar-refractivity contribution in [3.05, 3.63) is 64.4 Å². The highest BCUT2D eigenvalue weighted by molar-refractivity contribution is 6.31. The van der Waals surface area contributed by atoms with E-state index < -0.39 is 5.97 Å². The highest BCUT2D eigenvalue weighted by Crippen LogP contribution is 2.35. The van der Waals surface area contributed by atoms with E-state index >= 15 is 0 Å². The fourth-order valence-electron chi connectivity index (χ4n) is 3.16. The van der Waals surface area contributed by atoms with Crippen molar-refractivity contribution in [2.45, 2.75) is 33.2 Å². The second-order valence-electron chi connectivity index (χ2n) is 6.94. The van der Waals surface area contributed by atoms with E-state index in [1.165, 1.54) is 0 Å². The molecule has 136 valence electrons. The number of carbonyl (C=O) groups is 1. The zero-order valence-electron chi connectivity index (χ0n) is 15.0. The maximum atomic E-state index is 11.0. The number of fused-ring (bicyclic) bond motifs is 1. The van der Waals surface area contributed by atoms with Gasteiger partial charge in [0, 0.05) is 21.7 Å².